The number of hydrogen-bond donors (Lipinski definition) is 1. The number of nitrogens with two attached hydrogens (primary N) is 1. The molecule has 2 aromatic heterocycles. The summed E-state index contributed by atoms with van der Waals surface area (Å²) < 4.78 is 41.3. The van der Waals surface area contributed by atoms with Crippen molar-refractivity contribution in [2.45, 2.75) is 25.4 Å². The first-order valence-corrected chi connectivity index (χ1v) is 7.40. The number of anilines is 1. The number of hydrogen-bond acceptors (Lipinski definition) is 4. The van der Waals surface area contributed by atoms with Crippen LogP contribution in [-0.4, -0.2) is 19.7 Å². The molecule has 2 aliphatic rings. The monoisotopic (exact) mass is 321 g/mol. The fraction of sp³-hybridized carbons (Fsp3) is 0.400. The van der Waals surface area contributed by atoms with Crippen LogP contribution in [0.15, 0.2) is 24.5 Å². The molecule has 0 aromatic carbocycles. The Kier molecular flexibility index (Phi) is 2.97. The number of alkyl halides is 3. The second-order valence-electron chi connectivity index (χ2n) is 5.96. The van der Waals surface area contributed by atoms with E-state index in [2.05, 4.69) is 15.1 Å². The van der Waals surface area contributed by atoms with Crippen molar-refractivity contribution < 1.29 is 13.2 Å². The molecule has 2 N–H and O–H groups in total. The summed E-state index contributed by atoms with van der Waals surface area (Å²) in [5.74, 6) is 0.470. The highest BCUT2D eigenvalue weighted by Gasteiger charge is 2.44. The van der Waals surface area contributed by atoms with Gasteiger partial charge in [0.15, 0.2) is 5.69 Å². The molecule has 2 aliphatic carbocycles. The van der Waals surface area contributed by atoms with Crippen molar-refractivity contribution in [2.75, 3.05) is 5.73 Å². The highest BCUT2D eigenvalue weighted by molar-refractivity contribution is 5.79. The molecule has 0 amide bonds. The standard InChI is InChI=1S/C15H14F3N5/c16-15(17,18)12-11(10-7-8-2-3-9(10)6-8)13(19)23(22-12)14-20-4-1-5-21-14/h1,4-5,7-9H,2-3,6,19H2. The van der Waals surface area contributed by atoms with E-state index in [0.717, 1.165) is 23.9 Å². The number of nitrogens with zero attached hydrogens (tertiary/aromatic N) is 4. The lowest BCUT2D eigenvalue weighted by atomic mass is 9.91. The van der Waals surface area contributed by atoms with Crippen LogP contribution < -0.4 is 5.73 Å². The molecule has 2 unspecified atom stereocenters. The third-order valence-corrected chi connectivity index (χ3v) is 4.55. The average Bonchev–Trinajstić information content (AvgIpc) is 3.20. The van der Waals surface area contributed by atoms with Gasteiger partial charge in [0.25, 0.3) is 5.95 Å². The zero-order valence-electron chi connectivity index (χ0n) is 12.1. The molecule has 23 heavy (non-hydrogen) atoms. The van der Waals surface area contributed by atoms with Crippen LogP contribution in [-0.2, 0) is 6.18 Å². The molecule has 0 radical (unpaired) electrons. The molecule has 8 heteroatoms. The number of allylic oxidation sites excluding steroid dienone is 2. The molecule has 120 valence electrons. The molecule has 1 fully saturated rings. The largest absolute Gasteiger partial charge is 0.435 e. The van der Waals surface area contributed by atoms with Gasteiger partial charge in [0.1, 0.15) is 5.82 Å². The second kappa shape index (κ2) is 4.81. The second-order valence-corrected chi connectivity index (χ2v) is 5.96. The predicted octanol–water partition coefficient (Wildman–Crippen LogP) is 3.08. The maximum Gasteiger partial charge on any atom is 0.435 e. The van der Waals surface area contributed by atoms with Crippen LogP contribution in [0, 0.1) is 11.8 Å². The van der Waals surface area contributed by atoms with Crippen LogP contribution in [0.3, 0.4) is 0 Å². The Morgan fingerprint density at radius 2 is 1.91 bits per heavy atom. The summed E-state index contributed by atoms with van der Waals surface area (Å²) in [4.78, 5) is 7.89. The van der Waals surface area contributed by atoms with E-state index in [-0.39, 0.29) is 23.2 Å². The van der Waals surface area contributed by atoms with Crippen molar-refractivity contribution >= 4 is 11.4 Å². The van der Waals surface area contributed by atoms with Gasteiger partial charge in [0.2, 0.25) is 0 Å². The first-order chi connectivity index (χ1) is 10.9. The normalized spacial score (nSPS) is 23.3. The quantitative estimate of drug-likeness (QED) is 0.923. The topological polar surface area (TPSA) is 69.6 Å². The van der Waals surface area contributed by atoms with E-state index in [1.165, 1.54) is 12.4 Å². The first kappa shape index (κ1) is 14.2. The molecule has 0 spiro atoms. The fourth-order valence-electron chi connectivity index (χ4n) is 3.59. The highest BCUT2D eigenvalue weighted by Crippen LogP contribution is 2.51. The van der Waals surface area contributed by atoms with Gasteiger partial charge in [0.05, 0.1) is 5.56 Å². The molecule has 1 saturated carbocycles. The zero-order valence-corrected chi connectivity index (χ0v) is 12.1. The SMILES string of the molecule is Nc1c(C2=CC3CCC2C3)c(C(F)(F)F)nn1-c1ncccn1. The molecule has 0 aliphatic heterocycles. The minimum Gasteiger partial charge on any atom is -0.383 e. The van der Waals surface area contributed by atoms with E-state index in [0.29, 0.717) is 11.5 Å². The lowest BCUT2D eigenvalue weighted by Gasteiger charge is -2.15. The summed E-state index contributed by atoms with van der Waals surface area (Å²) in [5.41, 5.74) is 5.74. The van der Waals surface area contributed by atoms with Crippen molar-refractivity contribution in [3.63, 3.8) is 0 Å². The van der Waals surface area contributed by atoms with Crippen molar-refractivity contribution in [1.29, 1.82) is 0 Å². The van der Waals surface area contributed by atoms with Gasteiger partial charge >= 0.3 is 6.18 Å². The summed E-state index contributed by atoms with van der Waals surface area (Å²) in [6.07, 6.45) is 3.06. The molecular formula is C15H14F3N5. The Bertz CT molecular complexity index is 778. The van der Waals surface area contributed by atoms with Gasteiger partial charge in [-0.25, -0.2) is 9.97 Å². The molecule has 4 rings (SSSR count). The summed E-state index contributed by atoms with van der Waals surface area (Å²) in [6, 6.07) is 1.58. The minimum atomic E-state index is -4.58. The maximum atomic E-state index is 13.5. The van der Waals surface area contributed by atoms with Gasteiger partial charge in [-0.3, -0.25) is 0 Å². The van der Waals surface area contributed by atoms with Crippen molar-refractivity contribution in [2.24, 2.45) is 11.8 Å². The number of rotatable bonds is 2. The summed E-state index contributed by atoms with van der Waals surface area (Å²) in [5, 5.41) is 3.68. The molecule has 5 nitrogen and oxygen atoms in total. The van der Waals surface area contributed by atoms with Gasteiger partial charge in [0, 0.05) is 12.4 Å². The van der Waals surface area contributed by atoms with Crippen LogP contribution in [0.5, 0.6) is 0 Å². The van der Waals surface area contributed by atoms with Crippen LogP contribution >= 0.6 is 0 Å². The van der Waals surface area contributed by atoms with E-state index in [1.54, 1.807) is 6.07 Å². The molecule has 2 bridgehead atoms. The van der Waals surface area contributed by atoms with Crippen molar-refractivity contribution in [1.82, 2.24) is 19.7 Å². The summed E-state index contributed by atoms with van der Waals surface area (Å²) in [7, 11) is 0. The smallest absolute Gasteiger partial charge is 0.383 e. The zero-order chi connectivity index (χ0) is 16.2. The van der Waals surface area contributed by atoms with Crippen LogP contribution in [0.2, 0.25) is 0 Å². The Balaban J connectivity index is 1.91. The van der Waals surface area contributed by atoms with Gasteiger partial charge in [-0.15, -0.1) is 0 Å². The highest BCUT2D eigenvalue weighted by atomic mass is 19.4. The molecule has 2 aromatic rings. The van der Waals surface area contributed by atoms with E-state index in [4.69, 9.17) is 5.73 Å². The minimum absolute atomic E-state index is 0.00264. The Hall–Kier alpha value is -2.38. The van der Waals surface area contributed by atoms with Crippen molar-refractivity contribution in [3.05, 3.63) is 35.8 Å². The number of halogens is 3. The van der Waals surface area contributed by atoms with Gasteiger partial charge in [-0.2, -0.15) is 23.0 Å². The third-order valence-electron chi connectivity index (χ3n) is 4.55. The van der Waals surface area contributed by atoms with Crippen LogP contribution in [0.4, 0.5) is 19.0 Å². The summed E-state index contributed by atoms with van der Waals surface area (Å²) in [6.45, 7) is 0. The summed E-state index contributed by atoms with van der Waals surface area (Å²) >= 11 is 0. The van der Waals surface area contributed by atoms with Crippen LogP contribution in [0.1, 0.15) is 30.5 Å². The lowest BCUT2D eigenvalue weighted by molar-refractivity contribution is -0.141. The third kappa shape index (κ3) is 2.20. The Labute approximate surface area is 130 Å². The number of fused-ring (bicyclic) bond motifs is 2. The number of aromatic nitrogens is 4. The molecule has 0 saturated heterocycles. The predicted molar refractivity (Wildman–Crippen MR) is 77.4 cm³/mol. The van der Waals surface area contributed by atoms with Crippen LogP contribution in [0.25, 0.3) is 11.5 Å². The molecular weight excluding hydrogens is 307 g/mol. The van der Waals surface area contributed by atoms with Crippen molar-refractivity contribution in [3.8, 4) is 5.95 Å². The molecule has 2 heterocycles. The number of nitrogen functional groups attached to an aromatic ring is 1. The fourth-order valence-corrected chi connectivity index (χ4v) is 3.59. The van der Waals surface area contributed by atoms with E-state index < -0.39 is 11.9 Å². The van der Waals surface area contributed by atoms with E-state index in [1.807, 2.05) is 6.08 Å². The van der Waals surface area contributed by atoms with Gasteiger partial charge < -0.3 is 5.73 Å². The maximum absolute atomic E-state index is 13.5. The van der Waals surface area contributed by atoms with Gasteiger partial charge in [-0.05, 0) is 42.7 Å². The van der Waals surface area contributed by atoms with E-state index >= 15 is 0 Å². The van der Waals surface area contributed by atoms with E-state index in [9.17, 15) is 13.2 Å². The lowest BCUT2D eigenvalue weighted by Crippen LogP contribution is -2.11. The Morgan fingerprint density at radius 1 is 1.17 bits per heavy atom. The average molecular weight is 321 g/mol. The Morgan fingerprint density at radius 3 is 2.48 bits per heavy atom. The first-order valence-electron chi connectivity index (χ1n) is 7.40. The molecule has 2 atom stereocenters. The van der Waals surface area contributed by atoms with Gasteiger partial charge in [-0.1, -0.05) is 6.08 Å².